The lowest BCUT2D eigenvalue weighted by Crippen LogP contribution is -2.52. The SMILES string of the molecule is CCS(=O)(=O)N[C@H]1CCN(C(=O)C(C)(C)O)[C@H]1Cc1cccc(-c2cccc(F)c2F)c1. The number of amides is 1. The summed E-state index contributed by atoms with van der Waals surface area (Å²) in [5.74, 6) is -2.48. The molecule has 0 spiro atoms. The summed E-state index contributed by atoms with van der Waals surface area (Å²) in [5.41, 5.74) is -0.287. The van der Waals surface area contributed by atoms with Crippen LogP contribution < -0.4 is 4.72 Å². The number of hydrogen-bond acceptors (Lipinski definition) is 4. The van der Waals surface area contributed by atoms with Gasteiger partial charge in [-0.3, -0.25) is 4.79 Å². The standard InChI is InChI=1S/C23H28F2N2O4S/c1-4-32(30,31)26-19-11-12-27(22(28)23(2,3)29)20(19)14-15-7-5-8-16(13-15)17-9-6-10-18(24)21(17)25/h5-10,13,19-20,26,29H,4,11-12,14H2,1-3H3/t19-,20-/m0/s1. The van der Waals surface area contributed by atoms with Crippen molar-refractivity contribution in [2.24, 2.45) is 0 Å². The molecule has 1 amide bonds. The van der Waals surface area contributed by atoms with Gasteiger partial charge in [-0.25, -0.2) is 21.9 Å². The maximum atomic E-state index is 14.3. The Hall–Kier alpha value is -2.36. The van der Waals surface area contributed by atoms with Gasteiger partial charge in [-0.2, -0.15) is 0 Å². The molecule has 0 bridgehead atoms. The monoisotopic (exact) mass is 466 g/mol. The minimum absolute atomic E-state index is 0.0933. The maximum absolute atomic E-state index is 14.3. The average Bonchev–Trinajstić information content (AvgIpc) is 3.10. The highest BCUT2D eigenvalue weighted by Crippen LogP contribution is 2.29. The van der Waals surface area contributed by atoms with Gasteiger partial charge in [0.1, 0.15) is 5.60 Å². The average molecular weight is 467 g/mol. The van der Waals surface area contributed by atoms with Gasteiger partial charge in [0, 0.05) is 18.2 Å². The number of carbonyl (C=O) groups is 1. The largest absolute Gasteiger partial charge is 0.381 e. The number of nitrogens with one attached hydrogen (secondary N) is 1. The summed E-state index contributed by atoms with van der Waals surface area (Å²) < 4.78 is 55.0. The second kappa shape index (κ2) is 9.25. The van der Waals surface area contributed by atoms with Crippen LogP contribution in [-0.4, -0.2) is 54.3 Å². The van der Waals surface area contributed by atoms with Crippen molar-refractivity contribution in [3.8, 4) is 11.1 Å². The molecule has 2 N–H and O–H groups in total. The number of benzene rings is 2. The number of hydrogen-bond donors (Lipinski definition) is 2. The fourth-order valence-corrected chi connectivity index (χ4v) is 4.90. The van der Waals surface area contributed by atoms with E-state index < -0.39 is 45.2 Å². The third-order valence-corrected chi connectivity index (χ3v) is 7.10. The Morgan fingerprint density at radius 1 is 1.22 bits per heavy atom. The summed E-state index contributed by atoms with van der Waals surface area (Å²) in [6.45, 7) is 4.61. The lowest BCUT2D eigenvalue weighted by Gasteiger charge is -2.32. The van der Waals surface area contributed by atoms with Crippen molar-refractivity contribution < 1.29 is 27.1 Å². The molecule has 32 heavy (non-hydrogen) atoms. The predicted octanol–water partition coefficient (Wildman–Crippen LogP) is 2.85. The zero-order valence-electron chi connectivity index (χ0n) is 18.3. The van der Waals surface area contributed by atoms with Crippen LogP contribution in [0.15, 0.2) is 42.5 Å². The number of halogens is 2. The summed E-state index contributed by atoms with van der Waals surface area (Å²) >= 11 is 0. The zero-order chi connectivity index (χ0) is 23.7. The van der Waals surface area contributed by atoms with E-state index in [0.29, 0.717) is 18.5 Å². The van der Waals surface area contributed by atoms with Crippen LogP contribution in [0.3, 0.4) is 0 Å². The van der Waals surface area contributed by atoms with E-state index in [1.165, 1.54) is 37.8 Å². The van der Waals surface area contributed by atoms with Crippen molar-refractivity contribution in [3.05, 3.63) is 59.7 Å². The van der Waals surface area contributed by atoms with Gasteiger partial charge >= 0.3 is 0 Å². The summed E-state index contributed by atoms with van der Waals surface area (Å²) in [5, 5.41) is 10.2. The molecular formula is C23H28F2N2O4S. The second-order valence-corrected chi connectivity index (χ2v) is 10.6. The molecule has 2 aromatic rings. The van der Waals surface area contributed by atoms with Gasteiger partial charge < -0.3 is 10.0 Å². The molecule has 1 heterocycles. The zero-order valence-corrected chi connectivity index (χ0v) is 19.1. The second-order valence-electron chi connectivity index (χ2n) is 8.55. The van der Waals surface area contributed by atoms with Crippen LogP contribution >= 0.6 is 0 Å². The van der Waals surface area contributed by atoms with Crippen LogP contribution in [0.2, 0.25) is 0 Å². The van der Waals surface area contributed by atoms with Crippen molar-refractivity contribution >= 4 is 15.9 Å². The van der Waals surface area contributed by atoms with Crippen LogP contribution in [0.1, 0.15) is 32.8 Å². The van der Waals surface area contributed by atoms with Gasteiger partial charge in [0.25, 0.3) is 5.91 Å². The number of carbonyl (C=O) groups excluding carboxylic acids is 1. The molecule has 2 atom stereocenters. The first-order chi connectivity index (χ1) is 14.9. The number of aliphatic hydroxyl groups is 1. The number of nitrogens with zero attached hydrogens (tertiary/aromatic N) is 1. The topological polar surface area (TPSA) is 86.7 Å². The summed E-state index contributed by atoms with van der Waals surface area (Å²) in [4.78, 5) is 14.3. The molecule has 9 heteroatoms. The third kappa shape index (κ3) is 5.33. The Morgan fingerprint density at radius 2 is 1.91 bits per heavy atom. The molecule has 0 aliphatic carbocycles. The van der Waals surface area contributed by atoms with Crippen LogP contribution in [0.5, 0.6) is 0 Å². The van der Waals surface area contributed by atoms with E-state index in [-0.39, 0.29) is 17.7 Å². The fourth-order valence-electron chi connectivity index (χ4n) is 4.00. The van der Waals surface area contributed by atoms with Crippen molar-refractivity contribution in [2.75, 3.05) is 12.3 Å². The van der Waals surface area contributed by atoms with E-state index in [9.17, 15) is 27.1 Å². The Kier molecular flexibility index (Phi) is 7.02. The first-order valence-electron chi connectivity index (χ1n) is 10.5. The van der Waals surface area contributed by atoms with Gasteiger partial charge in [-0.05, 0) is 50.8 Å². The molecule has 0 unspecified atom stereocenters. The quantitative estimate of drug-likeness (QED) is 0.657. The van der Waals surface area contributed by atoms with E-state index in [2.05, 4.69) is 4.72 Å². The first-order valence-corrected chi connectivity index (χ1v) is 12.1. The summed E-state index contributed by atoms with van der Waals surface area (Å²) in [7, 11) is -3.52. The van der Waals surface area contributed by atoms with Crippen LogP contribution in [0.25, 0.3) is 11.1 Å². The normalized spacial score (nSPS) is 19.4. The van der Waals surface area contributed by atoms with Crippen molar-refractivity contribution in [3.63, 3.8) is 0 Å². The molecule has 0 aromatic heterocycles. The molecule has 1 saturated heterocycles. The molecular weight excluding hydrogens is 438 g/mol. The summed E-state index contributed by atoms with van der Waals surface area (Å²) in [6, 6.07) is 9.75. The minimum atomic E-state index is -3.52. The van der Waals surface area contributed by atoms with Crippen molar-refractivity contribution in [1.29, 1.82) is 0 Å². The molecule has 0 radical (unpaired) electrons. The first kappa shape index (κ1) is 24.3. The smallest absolute Gasteiger partial charge is 0.254 e. The van der Waals surface area contributed by atoms with Gasteiger partial charge in [-0.1, -0.05) is 36.4 Å². The van der Waals surface area contributed by atoms with E-state index in [1.54, 1.807) is 24.3 Å². The Balaban J connectivity index is 1.94. The Bertz CT molecular complexity index is 1100. The van der Waals surface area contributed by atoms with Crippen LogP contribution in [0.4, 0.5) is 8.78 Å². The van der Waals surface area contributed by atoms with E-state index in [4.69, 9.17) is 0 Å². The molecule has 0 saturated carbocycles. The fraction of sp³-hybridized carbons (Fsp3) is 0.435. The molecule has 6 nitrogen and oxygen atoms in total. The van der Waals surface area contributed by atoms with Crippen molar-refractivity contribution in [2.45, 2.75) is 51.3 Å². The molecule has 1 aliphatic heterocycles. The Labute approximate surface area is 187 Å². The minimum Gasteiger partial charge on any atom is -0.381 e. The Morgan fingerprint density at radius 3 is 2.56 bits per heavy atom. The lowest BCUT2D eigenvalue weighted by molar-refractivity contribution is -0.148. The molecule has 3 rings (SSSR count). The molecule has 2 aromatic carbocycles. The van der Waals surface area contributed by atoms with Gasteiger partial charge in [0.2, 0.25) is 10.0 Å². The predicted molar refractivity (Wildman–Crippen MR) is 118 cm³/mol. The number of likely N-dealkylation sites (tertiary alicyclic amines) is 1. The van der Waals surface area contributed by atoms with Crippen LogP contribution in [0, 0.1) is 11.6 Å². The third-order valence-electron chi connectivity index (χ3n) is 5.68. The van der Waals surface area contributed by atoms with Gasteiger partial charge in [-0.15, -0.1) is 0 Å². The number of rotatable bonds is 7. The van der Waals surface area contributed by atoms with Crippen LogP contribution in [-0.2, 0) is 21.2 Å². The molecule has 1 fully saturated rings. The van der Waals surface area contributed by atoms with E-state index in [1.807, 2.05) is 0 Å². The van der Waals surface area contributed by atoms with E-state index in [0.717, 1.165) is 11.6 Å². The van der Waals surface area contributed by atoms with E-state index >= 15 is 0 Å². The van der Waals surface area contributed by atoms with Gasteiger partial charge in [0.15, 0.2) is 11.6 Å². The highest BCUT2D eigenvalue weighted by atomic mass is 32.2. The lowest BCUT2D eigenvalue weighted by atomic mass is 9.96. The maximum Gasteiger partial charge on any atom is 0.254 e. The van der Waals surface area contributed by atoms with Gasteiger partial charge in [0.05, 0.1) is 11.8 Å². The number of sulfonamides is 1. The highest BCUT2D eigenvalue weighted by molar-refractivity contribution is 7.89. The highest BCUT2D eigenvalue weighted by Gasteiger charge is 2.42. The molecule has 174 valence electrons. The summed E-state index contributed by atoms with van der Waals surface area (Å²) in [6.07, 6.45) is 0.688. The molecule has 1 aliphatic rings. The van der Waals surface area contributed by atoms with Crippen molar-refractivity contribution in [1.82, 2.24) is 9.62 Å².